The van der Waals surface area contributed by atoms with Gasteiger partial charge in [0.25, 0.3) is 5.56 Å². The fourth-order valence-electron chi connectivity index (χ4n) is 7.84. The first-order valence-electron chi connectivity index (χ1n) is 20.2. The maximum Gasteiger partial charge on any atom is 0.355 e. The summed E-state index contributed by atoms with van der Waals surface area (Å²) in [5, 5.41) is 39.7. The molecule has 1 unspecified atom stereocenters. The first-order chi connectivity index (χ1) is 29.1. The van der Waals surface area contributed by atoms with Crippen LogP contribution >= 0.6 is 12.2 Å². The fourth-order valence-corrected chi connectivity index (χ4v) is 8.10. The summed E-state index contributed by atoms with van der Waals surface area (Å²) >= 11 is 5.58. The van der Waals surface area contributed by atoms with Crippen LogP contribution < -0.4 is 32.0 Å². The monoisotopic (exact) mass is 858 g/mol. The minimum absolute atomic E-state index is 0.0492. The van der Waals surface area contributed by atoms with Gasteiger partial charge in [0.15, 0.2) is 5.11 Å². The third-order valence-corrected chi connectivity index (χ3v) is 11.5. The minimum atomic E-state index is -2.05. The highest BCUT2D eigenvalue weighted by atomic mass is 32.1. The molecule has 6 atom stereocenters. The number of phenolic OH excluding ortho intramolecular Hbond substituents is 1. The van der Waals surface area contributed by atoms with Gasteiger partial charge in [-0.15, -0.1) is 0 Å². The number of amides is 1. The van der Waals surface area contributed by atoms with Crippen LogP contribution in [0.5, 0.6) is 11.5 Å². The number of aliphatic hydroxyl groups is 2. The molecule has 0 saturated carbocycles. The highest BCUT2D eigenvalue weighted by molar-refractivity contribution is 7.80. The zero-order valence-corrected chi connectivity index (χ0v) is 35.0. The number of nitrogens with two attached hydrogens (primary N) is 1. The van der Waals surface area contributed by atoms with Gasteiger partial charge in [-0.1, -0.05) is 13.8 Å². The largest absolute Gasteiger partial charge is 0.508 e. The fraction of sp³-hybridized carbons (Fsp3) is 0.442. The average Bonchev–Trinajstić information content (AvgIpc) is 3.59. The summed E-state index contributed by atoms with van der Waals surface area (Å²) in [5.74, 6) is -2.34. The van der Waals surface area contributed by atoms with E-state index in [4.69, 9.17) is 41.9 Å². The number of hydrogen-bond acceptors (Lipinski definition) is 14. The number of phenols is 1. The van der Waals surface area contributed by atoms with E-state index < -0.39 is 65.5 Å². The van der Waals surface area contributed by atoms with Gasteiger partial charge in [0, 0.05) is 28.6 Å². The summed E-state index contributed by atoms with van der Waals surface area (Å²) in [6, 6.07) is 11.0. The summed E-state index contributed by atoms with van der Waals surface area (Å²) in [5.41, 5.74) is 7.38. The van der Waals surface area contributed by atoms with Crippen molar-refractivity contribution in [2.75, 3.05) is 18.5 Å². The average molecular weight is 859 g/mol. The number of aliphatic hydroxyl groups excluding tert-OH is 2. The predicted molar refractivity (Wildman–Crippen MR) is 226 cm³/mol. The van der Waals surface area contributed by atoms with Gasteiger partial charge in [-0.05, 0) is 112 Å². The number of pyridine rings is 2. The lowest BCUT2D eigenvalue weighted by Crippen LogP contribution is -2.55. The third kappa shape index (κ3) is 8.90. The molecule has 324 valence electrons. The number of hydrogen-bond donors (Lipinski definition) is 7. The molecule has 2 aromatic carbocycles. The molecule has 0 bridgehead atoms. The van der Waals surface area contributed by atoms with Crippen molar-refractivity contribution in [2.24, 2.45) is 11.7 Å². The van der Waals surface area contributed by atoms with E-state index in [1.54, 1.807) is 60.9 Å². The van der Waals surface area contributed by atoms with E-state index in [-0.39, 0.29) is 48.2 Å². The number of carbonyl (C=O) groups excluding carboxylic acids is 3. The predicted octanol–water partition coefficient (Wildman–Crippen LogP) is 2.73. The number of rotatable bonds is 13. The number of benzene rings is 2. The zero-order chi connectivity index (χ0) is 43.7. The quantitative estimate of drug-likeness (QED) is 0.0511. The molecule has 0 aliphatic carbocycles. The van der Waals surface area contributed by atoms with Crippen LogP contribution in [-0.2, 0) is 47.3 Å². The Morgan fingerprint density at radius 2 is 1.84 bits per heavy atom. The molecule has 0 radical (unpaired) electrons. The van der Waals surface area contributed by atoms with Crippen molar-refractivity contribution in [3.63, 3.8) is 0 Å². The zero-order valence-electron chi connectivity index (χ0n) is 34.2. The van der Waals surface area contributed by atoms with Crippen LogP contribution in [0.1, 0.15) is 68.7 Å². The number of nitrogens with one attached hydrogen (secondary N) is 3. The van der Waals surface area contributed by atoms with E-state index in [1.165, 1.54) is 13.0 Å². The molecule has 3 aliphatic heterocycles. The van der Waals surface area contributed by atoms with Gasteiger partial charge in [0.05, 0.1) is 41.7 Å². The highest BCUT2D eigenvalue weighted by Crippen LogP contribution is 2.41. The molecular formula is C43H50N6O11S. The number of thiocarbonyl (C=S) groups is 1. The molecule has 3 aliphatic rings. The molecule has 1 fully saturated rings. The van der Waals surface area contributed by atoms with Crippen molar-refractivity contribution in [1.82, 2.24) is 20.2 Å². The minimum Gasteiger partial charge on any atom is -0.508 e. The molecule has 0 spiro atoms. The maximum atomic E-state index is 14.1. The van der Waals surface area contributed by atoms with E-state index in [0.717, 1.165) is 16.5 Å². The van der Waals surface area contributed by atoms with Gasteiger partial charge in [-0.25, -0.2) is 14.6 Å². The maximum absolute atomic E-state index is 14.1. The van der Waals surface area contributed by atoms with Crippen LogP contribution in [0, 0.1) is 12.8 Å². The number of esters is 2. The first kappa shape index (κ1) is 43.4. The standard InChI is InChI=1S/C43H50N6O11S/c1-21(2)35(48-37(53)32(7-5-6-14-44)47-42(61)45-23-8-11-26(12-9-23)59-40-34(52)16-25(51)19-57-40)39(55)60-43(4)30-17-33-36-28(18-49(33)38(54)29(30)20-58-41(43)56)22(3)27-15-24(50)10-13-31(27)46-36/h8-13,15,17,21,25,32,34-35,40,50-52H,5-7,14,16,18-20,44H2,1-4H3,(H,48,53)(H2,45,47,61)/t25-,32?,34-,35-,40+,43-/m0/s1. The van der Waals surface area contributed by atoms with Gasteiger partial charge in [0.2, 0.25) is 17.8 Å². The molecule has 2 aromatic heterocycles. The topological polar surface area (TPSA) is 246 Å². The van der Waals surface area contributed by atoms with Gasteiger partial charge < -0.3 is 60.5 Å². The molecule has 7 rings (SSSR count). The SMILES string of the molecule is Cc1c2c(nc3ccc(O)cc13)-c1cc3c(c(=O)n1C2)COC(=O)[C@@]3(C)OC(=O)[C@@H](NC(=O)C(CCCCN)NC(=S)Nc1ccc(O[C@H]2OC[C@@H](O)C[C@@H]2O)cc1)C(C)C. The molecule has 8 N–H and O–H groups in total. The number of ether oxygens (including phenoxy) is 4. The Balaban J connectivity index is 1.07. The van der Waals surface area contributed by atoms with Crippen LogP contribution in [0.4, 0.5) is 5.69 Å². The summed E-state index contributed by atoms with van der Waals surface area (Å²) in [6.45, 7) is 7.05. The van der Waals surface area contributed by atoms with E-state index in [2.05, 4.69) is 16.0 Å². The second-order valence-corrected chi connectivity index (χ2v) is 16.5. The van der Waals surface area contributed by atoms with E-state index in [1.807, 2.05) is 6.92 Å². The van der Waals surface area contributed by atoms with Crippen LogP contribution in [-0.4, -0.2) is 91.6 Å². The Morgan fingerprint density at radius 3 is 2.54 bits per heavy atom. The van der Waals surface area contributed by atoms with Gasteiger partial charge in [-0.3, -0.25) is 9.59 Å². The number of carbonyl (C=O) groups is 3. The number of aromatic nitrogens is 2. The Bertz CT molecular complexity index is 2420. The number of fused-ring (bicyclic) bond motifs is 5. The first-order valence-corrected chi connectivity index (χ1v) is 20.6. The van der Waals surface area contributed by atoms with Gasteiger partial charge >= 0.3 is 11.9 Å². The molecule has 18 heteroatoms. The number of aryl methyl sites for hydroxylation is 1. The van der Waals surface area contributed by atoms with Crippen molar-refractivity contribution in [1.29, 1.82) is 0 Å². The van der Waals surface area contributed by atoms with Crippen molar-refractivity contribution in [3.05, 3.63) is 81.1 Å². The normalized spacial score (nSPS) is 21.4. The Kier molecular flexibility index (Phi) is 12.6. The number of unbranched alkanes of at least 4 members (excludes halogenated alkanes) is 1. The van der Waals surface area contributed by atoms with Crippen molar-refractivity contribution < 1.29 is 48.7 Å². The Hall–Kier alpha value is -5.66. The van der Waals surface area contributed by atoms with E-state index in [9.17, 15) is 34.5 Å². The second-order valence-electron chi connectivity index (χ2n) is 16.1. The number of aromatic hydroxyl groups is 1. The molecule has 61 heavy (non-hydrogen) atoms. The number of nitrogens with zero attached hydrogens (tertiary/aromatic N) is 2. The van der Waals surface area contributed by atoms with Crippen LogP contribution in [0.3, 0.4) is 0 Å². The lowest BCUT2D eigenvalue weighted by Gasteiger charge is -2.35. The summed E-state index contributed by atoms with van der Waals surface area (Å²) in [4.78, 5) is 60.6. The van der Waals surface area contributed by atoms with Crippen LogP contribution in [0.15, 0.2) is 53.3 Å². The molecule has 4 aromatic rings. The van der Waals surface area contributed by atoms with E-state index in [0.29, 0.717) is 54.1 Å². The van der Waals surface area contributed by atoms with Gasteiger partial charge in [0.1, 0.15) is 36.3 Å². The molecule has 1 saturated heterocycles. The van der Waals surface area contributed by atoms with Crippen molar-refractivity contribution in [2.45, 2.75) is 103 Å². The third-order valence-electron chi connectivity index (χ3n) is 11.3. The second kappa shape index (κ2) is 17.7. The summed E-state index contributed by atoms with van der Waals surface area (Å²) in [7, 11) is 0. The summed E-state index contributed by atoms with van der Waals surface area (Å²) in [6.07, 6.45) is -1.04. The Labute approximate surface area is 356 Å². The van der Waals surface area contributed by atoms with E-state index >= 15 is 0 Å². The number of anilines is 1. The molecule has 17 nitrogen and oxygen atoms in total. The molecule has 1 amide bonds. The smallest absolute Gasteiger partial charge is 0.355 e. The lowest BCUT2D eigenvalue weighted by molar-refractivity contribution is -0.198. The Morgan fingerprint density at radius 1 is 1.08 bits per heavy atom. The van der Waals surface area contributed by atoms with Crippen molar-refractivity contribution in [3.8, 4) is 22.9 Å². The van der Waals surface area contributed by atoms with Gasteiger partial charge in [-0.2, -0.15) is 0 Å². The van der Waals surface area contributed by atoms with Crippen LogP contribution in [0.2, 0.25) is 0 Å². The van der Waals surface area contributed by atoms with Crippen molar-refractivity contribution >= 4 is 51.8 Å². The highest BCUT2D eigenvalue weighted by Gasteiger charge is 2.49. The number of cyclic esters (lactones) is 1. The summed E-state index contributed by atoms with van der Waals surface area (Å²) < 4.78 is 24.1. The lowest BCUT2D eigenvalue weighted by atomic mass is 9.89. The van der Waals surface area contributed by atoms with Crippen LogP contribution in [0.25, 0.3) is 22.3 Å². The molecular weight excluding hydrogens is 809 g/mol. The molecule has 5 heterocycles.